The van der Waals surface area contributed by atoms with Gasteiger partial charge in [0.1, 0.15) is 6.10 Å². The molecule has 0 aliphatic heterocycles. The van der Waals surface area contributed by atoms with E-state index in [1.807, 2.05) is 19.1 Å². The van der Waals surface area contributed by atoms with Gasteiger partial charge in [0, 0.05) is 0 Å². The number of hydrogen-bond donors (Lipinski definition) is 1. The quantitative estimate of drug-likeness (QED) is 0.799. The number of hydrogen-bond acceptors (Lipinski definition) is 3. The first-order valence-electron chi connectivity index (χ1n) is 6.12. The maximum absolute atomic E-state index is 11.9. The fourth-order valence-corrected chi connectivity index (χ4v) is 2.19. The van der Waals surface area contributed by atoms with Crippen LogP contribution < -0.4 is 0 Å². The summed E-state index contributed by atoms with van der Waals surface area (Å²) in [6, 6.07) is 7.32. The topological polar surface area (TPSA) is 46.5 Å². The second-order valence-corrected chi connectivity index (χ2v) is 4.67. The van der Waals surface area contributed by atoms with Gasteiger partial charge in [-0.3, -0.25) is 0 Å². The van der Waals surface area contributed by atoms with Gasteiger partial charge in [0.25, 0.3) is 0 Å². The number of aliphatic hydroxyl groups is 1. The zero-order valence-corrected chi connectivity index (χ0v) is 10.1. The normalized spacial score (nSPS) is 24.4. The average molecular weight is 234 g/mol. The standard InChI is InChI=1S/C14H18O3/c1-10-5-4-6-11(9-10)14(16)17-13-8-3-2-7-12(13)15/h4-6,9,12-13,15H,2-3,7-8H2,1H3/t12-,13+/m1/s1. The van der Waals surface area contributed by atoms with E-state index in [4.69, 9.17) is 4.74 Å². The number of carbonyl (C=O) groups is 1. The van der Waals surface area contributed by atoms with E-state index in [9.17, 15) is 9.90 Å². The van der Waals surface area contributed by atoms with Gasteiger partial charge in [-0.05, 0) is 38.3 Å². The van der Waals surface area contributed by atoms with Crippen LogP contribution in [0.1, 0.15) is 41.6 Å². The van der Waals surface area contributed by atoms with Crippen LogP contribution in [0.25, 0.3) is 0 Å². The van der Waals surface area contributed by atoms with Crippen LogP contribution in [-0.4, -0.2) is 23.3 Å². The van der Waals surface area contributed by atoms with E-state index >= 15 is 0 Å². The third kappa shape index (κ3) is 3.07. The van der Waals surface area contributed by atoms with Gasteiger partial charge in [-0.1, -0.05) is 24.1 Å². The van der Waals surface area contributed by atoms with Crippen molar-refractivity contribution in [3.63, 3.8) is 0 Å². The van der Waals surface area contributed by atoms with E-state index in [1.54, 1.807) is 12.1 Å². The minimum absolute atomic E-state index is 0.334. The van der Waals surface area contributed by atoms with Gasteiger partial charge < -0.3 is 9.84 Å². The molecule has 2 rings (SSSR count). The predicted octanol–water partition coefficient (Wildman–Crippen LogP) is 2.46. The highest BCUT2D eigenvalue weighted by molar-refractivity contribution is 5.89. The van der Waals surface area contributed by atoms with Crippen LogP contribution in [0.15, 0.2) is 24.3 Å². The van der Waals surface area contributed by atoms with Gasteiger partial charge in [-0.2, -0.15) is 0 Å². The molecule has 0 unspecified atom stereocenters. The van der Waals surface area contributed by atoms with Crippen molar-refractivity contribution in [2.24, 2.45) is 0 Å². The van der Waals surface area contributed by atoms with Crippen molar-refractivity contribution >= 4 is 5.97 Å². The van der Waals surface area contributed by atoms with Gasteiger partial charge in [-0.25, -0.2) is 4.79 Å². The van der Waals surface area contributed by atoms with Crippen molar-refractivity contribution < 1.29 is 14.6 Å². The maximum atomic E-state index is 11.9. The lowest BCUT2D eigenvalue weighted by atomic mass is 9.95. The van der Waals surface area contributed by atoms with Crippen LogP contribution in [0.5, 0.6) is 0 Å². The molecule has 0 amide bonds. The third-order valence-electron chi connectivity index (χ3n) is 3.18. The van der Waals surface area contributed by atoms with Crippen molar-refractivity contribution in [3.05, 3.63) is 35.4 Å². The van der Waals surface area contributed by atoms with E-state index in [0.29, 0.717) is 5.56 Å². The lowest BCUT2D eigenvalue weighted by Gasteiger charge is -2.27. The summed E-state index contributed by atoms with van der Waals surface area (Å²) in [5.41, 5.74) is 1.59. The summed E-state index contributed by atoms with van der Waals surface area (Å²) in [5.74, 6) is -0.334. The lowest BCUT2D eigenvalue weighted by Crippen LogP contribution is -2.34. The third-order valence-corrected chi connectivity index (χ3v) is 3.18. The Morgan fingerprint density at radius 1 is 1.35 bits per heavy atom. The summed E-state index contributed by atoms with van der Waals surface area (Å²) < 4.78 is 5.36. The number of aryl methyl sites for hydroxylation is 1. The fraction of sp³-hybridized carbons (Fsp3) is 0.500. The van der Waals surface area contributed by atoms with Gasteiger partial charge >= 0.3 is 5.97 Å². The molecule has 0 aromatic heterocycles. The molecule has 0 bridgehead atoms. The Morgan fingerprint density at radius 2 is 2.12 bits per heavy atom. The predicted molar refractivity (Wildman–Crippen MR) is 64.9 cm³/mol. The van der Waals surface area contributed by atoms with Crippen LogP contribution in [0.4, 0.5) is 0 Å². The van der Waals surface area contributed by atoms with Crippen molar-refractivity contribution in [2.75, 3.05) is 0 Å². The lowest BCUT2D eigenvalue weighted by molar-refractivity contribution is -0.0360. The number of rotatable bonds is 2. The van der Waals surface area contributed by atoms with Crippen LogP contribution in [-0.2, 0) is 4.74 Å². The van der Waals surface area contributed by atoms with Crippen LogP contribution in [0.3, 0.4) is 0 Å². The molecule has 1 fully saturated rings. The second kappa shape index (κ2) is 5.32. The first-order valence-corrected chi connectivity index (χ1v) is 6.12. The van der Waals surface area contributed by atoms with E-state index in [0.717, 1.165) is 31.2 Å². The Bertz CT molecular complexity index is 400. The molecule has 17 heavy (non-hydrogen) atoms. The molecule has 3 heteroatoms. The average Bonchev–Trinajstić information content (AvgIpc) is 2.32. The molecule has 3 nitrogen and oxygen atoms in total. The SMILES string of the molecule is Cc1cccc(C(=O)O[C@H]2CCCC[C@H]2O)c1. The van der Waals surface area contributed by atoms with Crippen molar-refractivity contribution in [3.8, 4) is 0 Å². The molecule has 0 heterocycles. The number of aliphatic hydroxyl groups excluding tert-OH is 1. The monoisotopic (exact) mass is 234 g/mol. The molecule has 1 aromatic rings. The molecule has 1 N–H and O–H groups in total. The maximum Gasteiger partial charge on any atom is 0.338 e. The molecule has 1 aliphatic rings. The first-order chi connectivity index (χ1) is 8.16. The minimum atomic E-state index is -0.502. The Morgan fingerprint density at radius 3 is 2.82 bits per heavy atom. The Hall–Kier alpha value is -1.35. The number of ether oxygens (including phenoxy) is 1. The fourth-order valence-electron chi connectivity index (χ4n) is 2.19. The zero-order valence-electron chi connectivity index (χ0n) is 10.1. The second-order valence-electron chi connectivity index (χ2n) is 4.67. The van der Waals surface area contributed by atoms with E-state index in [1.165, 1.54) is 0 Å². The highest BCUT2D eigenvalue weighted by atomic mass is 16.6. The highest BCUT2D eigenvalue weighted by Gasteiger charge is 2.26. The number of benzene rings is 1. The van der Waals surface area contributed by atoms with Crippen LogP contribution in [0.2, 0.25) is 0 Å². The summed E-state index contributed by atoms with van der Waals surface area (Å²) in [5, 5.41) is 9.74. The molecule has 0 saturated heterocycles. The van der Waals surface area contributed by atoms with Crippen LogP contribution >= 0.6 is 0 Å². The smallest absolute Gasteiger partial charge is 0.338 e. The molecule has 0 radical (unpaired) electrons. The molecule has 1 aromatic carbocycles. The largest absolute Gasteiger partial charge is 0.456 e. The van der Waals surface area contributed by atoms with Crippen LogP contribution in [0, 0.1) is 6.92 Å². The van der Waals surface area contributed by atoms with Crippen molar-refractivity contribution in [1.29, 1.82) is 0 Å². The Kier molecular flexibility index (Phi) is 3.79. The van der Waals surface area contributed by atoms with Gasteiger partial charge in [-0.15, -0.1) is 0 Å². The van der Waals surface area contributed by atoms with E-state index in [2.05, 4.69) is 0 Å². The molecule has 92 valence electrons. The number of esters is 1. The van der Waals surface area contributed by atoms with Gasteiger partial charge in [0.15, 0.2) is 0 Å². The van der Waals surface area contributed by atoms with Crippen molar-refractivity contribution in [2.45, 2.75) is 44.8 Å². The van der Waals surface area contributed by atoms with Crippen molar-refractivity contribution in [1.82, 2.24) is 0 Å². The molecule has 1 saturated carbocycles. The summed E-state index contributed by atoms with van der Waals surface area (Å²) in [4.78, 5) is 11.9. The Labute approximate surface area is 101 Å². The minimum Gasteiger partial charge on any atom is -0.456 e. The summed E-state index contributed by atoms with van der Waals surface area (Å²) in [7, 11) is 0. The summed E-state index contributed by atoms with van der Waals surface area (Å²) in [6.45, 7) is 1.94. The molecular formula is C14H18O3. The Balaban J connectivity index is 2.01. The highest BCUT2D eigenvalue weighted by Crippen LogP contribution is 2.22. The summed E-state index contributed by atoms with van der Waals surface area (Å²) in [6.07, 6.45) is 2.68. The first kappa shape index (κ1) is 12.1. The molecule has 0 spiro atoms. The van der Waals surface area contributed by atoms with E-state index < -0.39 is 6.10 Å². The molecular weight excluding hydrogens is 216 g/mol. The van der Waals surface area contributed by atoms with E-state index in [-0.39, 0.29) is 12.1 Å². The van der Waals surface area contributed by atoms with Gasteiger partial charge in [0.2, 0.25) is 0 Å². The summed E-state index contributed by atoms with van der Waals surface area (Å²) >= 11 is 0. The number of carbonyl (C=O) groups excluding carboxylic acids is 1. The molecule has 1 aliphatic carbocycles. The molecule has 2 atom stereocenters. The van der Waals surface area contributed by atoms with Gasteiger partial charge in [0.05, 0.1) is 11.7 Å². The zero-order chi connectivity index (χ0) is 12.3.